The zero-order valence-corrected chi connectivity index (χ0v) is 20.9. The van der Waals surface area contributed by atoms with Gasteiger partial charge in [0.05, 0.1) is 21.4 Å². The van der Waals surface area contributed by atoms with Crippen molar-refractivity contribution >= 4 is 23.2 Å². The van der Waals surface area contributed by atoms with Crippen LogP contribution in [0.25, 0.3) is 22.4 Å². The van der Waals surface area contributed by atoms with Crippen LogP contribution in [0.3, 0.4) is 0 Å². The molecule has 1 aliphatic carbocycles. The van der Waals surface area contributed by atoms with Gasteiger partial charge in [0.1, 0.15) is 11.9 Å². The summed E-state index contributed by atoms with van der Waals surface area (Å²) in [5.41, 5.74) is 5.79. The van der Waals surface area contributed by atoms with Gasteiger partial charge in [-0.05, 0) is 59.4 Å². The fourth-order valence-electron chi connectivity index (χ4n) is 4.78. The van der Waals surface area contributed by atoms with Crippen LogP contribution >= 0.6 is 23.2 Å². The first-order valence-electron chi connectivity index (χ1n) is 11.4. The Hall–Kier alpha value is -2.79. The topological polar surface area (TPSA) is 33.1 Å². The number of hydrogen-bond acceptors (Lipinski definition) is 2. The third kappa shape index (κ3) is 4.04. The number of rotatable bonds is 4. The van der Waals surface area contributed by atoms with Crippen molar-refractivity contribution in [3.8, 4) is 22.4 Å². The Bertz CT molecular complexity index is 1430. The predicted octanol–water partition coefficient (Wildman–Crippen LogP) is 8.75. The van der Waals surface area contributed by atoms with Crippen LogP contribution in [-0.4, -0.2) is 10.1 Å². The molecular weight excluding hydrogens is 487 g/mol. The fraction of sp³-hybridized carbons (Fsp3) is 0.207. The summed E-state index contributed by atoms with van der Waals surface area (Å²) in [4.78, 5) is 4.91. The van der Waals surface area contributed by atoms with Crippen LogP contribution in [0.2, 0.25) is 10.0 Å². The van der Waals surface area contributed by atoms with Crippen LogP contribution in [0.5, 0.6) is 0 Å². The highest BCUT2D eigenvalue weighted by Crippen LogP contribution is 2.52. The molecule has 1 aliphatic rings. The third-order valence-corrected chi connectivity index (χ3v) is 7.24. The van der Waals surface area contributed by atoms with Crippen LogP contribution in [0.1, 0.15) is 65.6 Å². The van der Waals surface area contributed by atoms with Gasteiger partial charge in [-0.1, -0.05) is 79.0 Å². The standard InChI is InChI=1S/C29H23Cl2F2NO/c1-14(2)27-24(26(33)17-6-4-15(3)5-7-17)23(16-8-10-18(32)11-9-16)25-28(34-27)19-12-21(30)22(31)13-20(19)29(25)35/h4-14,26,29,35H,1-3H3. The van der Waals surface area contributed by atoms with Gasteiger partial charge in [-0.15, -0.1) is 0 Å². The lowest BCUT2D eigenvalue weighted by Gasteiger charge is -2.24. The van der Waals surface area contributed by atoms with Gasteiger partial charge >= 0.3 is 0 Å². The molecule has 1 N–H and O–H groups in total. The number of aliphatic hydroxyl groups excluding tert-OH is 1. The van der Waals surface area contributed by atoms with Crippen molar-refractivity contribution in [1.29, 1.82) is 0 Å². The normalized spacial score (nSPS) is 15.3. The molecule has 5 rings (SSSR count). The molecule has 0 amide bonds. The number of alkyl halides is 1. The Labute approximate surface area is 213 Å². The average molecular weight is 510 g/mol. The van der Waals surface area contributed by atoms with Gasteiger partial charge in [0.2, 0.25) is 0 Å². The van der Waals surface area contributed by atoms with E-state index in [1.165, 1.54) is 12.1 Å². The number of aliphatic hydroxyl groups is 1. The van der Waals surface area contributed by atoms with Crippen LogP contribution in [-0.2, 0) is 0 Å². The summed E-state index contributed by atoms with van der Waals surface area (Å²) in [6, 6.07) is 16.5. The maximum Gasteiger partial charge on any atom is 0.153 e. The molecule has 6 heteroatoms. The number of nitrogens with zero attached hydrogens (tertiary/aromatic N) is 1. The van der Waals surface area contributed by atoms with Gasteiger partial charge in [0, 0.05) is 16.7 Å². The minimum Gasteiger partial charge on any atom is -0.384 e. The maximum atomic E-state index is 16.5. The molecule has 2 atom stereocenters. The summed E-state index contributed by atoms with van der Waals surface area (Å²) in [6.45, 7) is 5.85. The van der Waals surface area contributed by atoms with Gasteiger partial charge in [-0.3, -0.25) is 4.98 Å². The summed E-state index contributed by atoms with van der Waals surface area (Å²) in [6.07, 6.45) is -2.60. The zero-order valence-electron chi connectivity index (χ0n) is 19.4. The minimum atomic E-state index is -1.51. The molecule has 0 fully saturated rings. The molecule has 2 unspecified atom stereocenters. The van der Waals surface area contributed by atoms with E-state index in [0.717, 1.165) is 5.56 Å². The zero-order chi connectivity index (χ0) is 25.0. The van der Waals surface area contributed by atoms with Crippen LogP contribution in [0, 0.1) is 12.7 Å². The SMILES string of the molecule is Cc1ccc(C(F)c2c(C(C)C)nc3c(c2-c2ccc(F)cc2)C(O)c2cc(Cl)c(Cl)cc2-3)cc1. The fourth-order valence-corrected chi connectivity index (χ4v) is 5.12. The Morgan fingerprint density at radius 3 is 2.20 bits per heavy atom. The summed E-state index contributed by atoms with van der Waals surface area (Å²) >= 11 is 12.6. The molecular formula is C29H23Cl2F2NO. The lowest BCUT2D eigenvalue weighted by atomic mass is 9.85. The highest BCUT2D eigenvalue weighted by Gasteiger charge is 2.37. The number of pyridine rings is 1. The van der Waals surface area contributed by atoms with Crippen molar-refractivity contribution in [3.63, 3.8) is 0 Å². The highest BCUT2D eigenvalue weighted by atomic mass is 35.5. The number of hydrogen-bond donors (Lipinski definition) is 1. The predicted molar refractivity (Wildman–Crippen MR) is 137 cm³/mol. The van der Waals surface area contributed by atoms with E-state index in [4.69, 9.17) is 28.2 Å². The summed E-state index contributed by atoms with van der Waals surface area (Å²) < 4.78 is 30.3. The van der Waals surface area contributed by atoms with Crippen molar-refractivity contribution in [2.45, 2.75) is 39.0 Å². The van der Waals surface area contributed by atoms with Gasteiger partial charge in [-0.25, -0.2) is 8.78 Å². The van der Waals surface area contributed by atoms with Gasteiger partial charge < -0.3 is 5.11 Å². The van der Waals surface area contributed by atoms with E-state index in [0.29, 0.717) is 60.4 Å². The Morgan fingerprint density at radius 1 is 0.943 bits per heavy atom. The van der Waals surface area contributed by atoms with E-state index in [1.807, 2.05) is 32.9 Å². The molecule has 0 bridgehead atoms. The van der Waals surface area contributed by atoms with Crippen molar-refractivity contribution in [2.24, 2.45) is 0 Å². The Balaban J connectivity index is 1.88. The van der Waals surface area contributed by atoms with E-state index in [2.05, 4.69) is 0 Å². The second-order valence-corrected chi connectivity index (χ2v) is 10.1. The second-order valence-electron chi connectivity index (χ2n) is 9.24. The molecule has 1 heterocycles. The third-order valence-electron chi connectivity index (χ3n) is 6.52. The number of fused-ring (bicyclic) bond motifs is 3. The Morgan fingerprint density at radius 2 is 1.57 bits per heavy atom. The summed E-state index contributed by atoms with van der Waals surface area (Å²) in [5.74, 6) is -0.523. The van der Waals surface area contributed by atoms with E-state index >= 15 is 4.39 Å². The van der Waals surface area contributed by atoms with Crippen molar-refractivity contribution in [3.05, 3.63) is 110 Å². The van der Waals surface area contributed by atoms with E-state index < -0.39 is 18.1 Å². The highest BCUT2D eigenvalue weighted by molar-refractivity contribution is 6.42. The second kappa shape index (κ2) is 9.02. The van der Waals surface area contributed by atoms with E-state index in [9.17, 15) is 9.50 Å². The number of aryl methyl sites for hydroxylation is 1. The van der Waals surface area contributed by atoms with Crippen molar-refractivity contribution in [2.75, 3.05) is 0 Å². The molecule has 1 aromatic heterocycles. The molecule has 2 nitrogen and oxygen atoms in total. The maximum absolute atomic E-state index is 16.5. The minimum absolute atomic E-state index is 0.123. The van der Waals surface area contributed by atoms with Crippen molar-refractivity contribution < 1.29 is 13.9 Å². The summed E-state index contributed by atoms with van der Waals surface area (Å²) in [5, 5.41) is 12.1. The average Bonchev–Trinajstić information content (AvgIpc) is 3.09. The molecule has 0 saturated carbocycles. The molecule has 0 aliphatic heterocycles. The van der Waals surface area contributed by atoms with Crippen LogP contribution < -0.4 is 0 Å². The van der Waals surface area contributed by atoms with Crippen LogP contribution in [0.4, 0.5) is 8.78 Å². The lowest BCUT2D eigenvalue weighted by Crippen LogP contribution is -2.11. The smallest absolute Gasteiger partial charge is 0.153 e. The molecule has 0 spiro atoms. The Kier molecular flexibility index (Phi) is 6.16. The van der Waals surface area contributed by atoms with Crippen LogP contribution in [0.15, 0.2) is 60.7 Å². The number of halogens is 4. The molecule has 4 aromatic rings. The largest absolute Gasteiger partial charge is 0.384 e. The van der Waals surface area contributed by atoms with Gasteiger partial charge in [0.15, 0.2) is 6.17 Å². The monoisotopic (exact) mass is 509 g/mol. The quantitative estimate of drug-likeness (QED) is 0.298. The molecule has 0 radical (unpaired) electrons. The number of aromatic nitrogens is 1. The first-order valence-corrected chi connectivity index (χ1v) is 12.1. The molecule has 35 heavy (non-hydrogen) atoms. The van der Waals surface area contributed by atoms with Crippen molar-refractivity contribution in [1.82, 2.24) is 4.98 Å². The molecule has 0 saturated heterocycles. The van der Waals surface area contributed by atoms with Gasteiger partial charge in [-0.2, -0.15) is 0 Å². The van der Waals surface area contributed by atoms with E-state index in [-0.39, 0.29) is 5.92 Å². The summed E-state index contributed by atoms with van der Waals surface area (Å²) in [7, 11) is 0. The first kappa shape index (κ1) is 23.9. The molecule has 178 valence electrons. The van der Waals surface area contributed by atoms with E-state index in [1.54, 1.807) is 36.4 Å². The first-order chi connectivity index (χ1) is 16.7. The number of benzene rings is 3. The molecule has 3 aromatic carbocycles. The van der Waals surface area contributed by atoms with Gasteiger partial charge in [0.25, 0.3) is 0 Å². The lowest BCUT2D eigenvalue weighted by molar-refractivity contribution is 0.225.